The van der Waals surface area contributed by atoms with E-state index in [1.165, 1.54) is 6.07 Å². The molecule has 1 N–H and O–H groups in total. The number of nitriles is 1. The van der Waals surface area contributed by atoms with Crippen LogP contribution in [-0.4, -0.2) is 17.8 Å². The molecular weight excluding hydrogens is 229 g/mol. The van der Waals surface area contributed by atoms with E-state index in [0.29, 0.717) is 4.90 Å². The topological polar surface area (TPSA) is 90.3 Å². The van der Waals surface area contributed by atoms with E-state index < -0.39 is 23.7 Å². The van der Waals surface area contributed by atoms with Crippen LogP contribution in [0.25, 0.3) is 0 Å². The maximum atomic E-state index is 13.5. The van der Waals surface area contributed by atoms with Gasteiger partial charge in [-0.25, -0.2) is 14.1 Å². The number of nitrogens with zero attached hydrogens (tertiary/aromatic N) is 2. The maximum absolute atomic E-state index is 13.5. The van der Waals surface area contributed by atoms with E-state index in [4.69, 9.17) is 5.26 Å². The molecule has 0 spiro atoms. The molecule has 1 aliphatic rings. The Morgan fingerprint density at radius 2 is 2.00 bits per heavy atom. The lowest BCUT2D eigenvalue weighted by molar-refractivity contribution is -0.134. The van der Waals surface area contributed by atoms with Gasteiger partial charge in [-0.05, 0) is 18.2 Å². The number of nitrogens with one attached hydrogen (secondary N) is 1. The van der Waals surface area contributed by atoms with Gasteiger partial charge in [-0.2, -0.15) is 5.26 Å². The van der Waals surface area contributed by atoms with Gasteiger partial charge in [-0.3, -0.25) is 14.9 Å². The molecule has 0 aromatic heterocycles. The standard InChI is InChI=1S/C10H4FN3O3/c11-6-3-5(4-12)1-2-7(6)14-9(16)8(15)13-10(14)17/h1-3H,(H,13,15,17). The summed E-state index contributed by atoms with van der Waals surface area (Å²) >= 11 is 0. The van der Waals surface area contributed by atoms with Crippen LogP contribution in [0.3, 0.4) is 0 Å². The van der Waals surface area contributed by atoms with Crippen LogP contribution in [0.4, 0.5) is 14.9 Å². The van der Waals surface area contributed by atoms with Crippen molar-refractivity contribution in [3.63, 3.8) is 0 Å². The van der Waals surface area contributed by atoms with E-state index in [9.17, 15) is 18.8 Å². The van der Waals surface area contributed by atoms with Gasteiger partial charge in [0.15, 0.2) is 0 Å². The molecule has 7 heteroatoms. The summed E-state index contributed by atoms with van der Waals surface area (Å²) in [5, 5.41) is 10.3. The smallest absolute Gasteiger partial charge is 0.269 e. The average molecular weight is 233 g/mol. The van der Waals surface area contributed by atoms with Crippen LogP contribution in [0.1, 0.15) is 5.56 Å². The molecule has 0 saturated carbocycles. The lowest BCUT2D eigenvalue weighted by Crippen LogP contribution is -2.31. The van der Waals surface area contributed by atoms with Crippen molar-refractivity contribution in [1.29, 1.82) is 5.26 Å². The second-order valence-corrected chi connectivity index (χ2v) is 3.18. The highest BCUT2D eigenvalue weighted by Gasteiger charge is 2.39. The van der Waals surface area contributed by atoms with E-state index in [0.717, 1.165) is 12.1 Å². The predicted molar refractivity (Wildman–Crippen MR) is 52.1 cm³/mol. The third-order valence-corrected chi connectivity index (χ3v) is 2.14. The zero-order valence-corrected chi connectivity index (χ0v) is 8.23. The molecular formula is C10H4FN3O3. The summed E-state index contributed by atoms with van der Waals surface area (Å²) in [6.07, 6.45) is 0. The first-order valence-corrected chi connectivity index (χ1v) is 4.43. The Hall–Kier alpha value is -2.75. The van der Waals surface area contributed by atoms with Crippen molar-refractivity contribution in [3.05, 3.63) is 29.6 Å². The van der Waals surface area contributed by atoms with Crippen LogP contribution in [0.2, 0.25) is 0 Å². The molecule has 1 saturated heterocycles. The maximum Gasteiger partial charge on any atom is 0.336 e. The molecule has 0 bridgehead atoms. The summed E-state index contributed by atoms with van der Waals surface area (Å²) in [6.45, 7) is 0. The van der Waals surface area contributed by atoms with E-state index in [-0.39, 0.29) is 11.3 Å². The zero-order chi connectivity index (χ0) is 12.6. The van der Waals surface area contributed by atoms with Gasteiger partial charge in [0.1, 0.15) is 5.82 Å². The quantitative estimate of drug-likeness (QED) is 0.557. The largest absolute Gasteiger partial charge is 0.336 e. The first kappa shape index (κ1) is 10.8. The van der Waals surface area contributed by atoms with Gasteiger partial charge in [0, 0.05) is 0 Å². The molecule has 1 heterocycles. The number of carbonyl (C=O) groups is 3. The Morgan fingerprint density at radius 3 is 2.47 bits per heavy atom. The molecule has 0 radical (unpaired) electrons. The number of benzene rings is 1. The molecule has 17 heavy (non-hydrogen) atoms. The van der Waals surface area contributed by atoms with Crippen molar-refractivity contribution < 1.29 is 18.8 Å². The summed E-state index contributed by atoms with van der Waals surface area (Å²) in [6, 6.07) is 3.89. The number of hydrogen-bond donors (Lipinski definition) is 1. The van der Waals surface area contributed by atoms with E-state index in [1.54, 1.807) is 11.4 Å². The SMILES string of the molecule is N#Cc1ccc(N2C(=O)NC(=O)C2=O)c(F)c1. The Bertz CT molecular complexity index is 591. The van der Waals surface area contributed by atoms with E-state index in [2.05, 4.69) is 0 Å². The van der Waals surface area contributed by atoms with Gasteiger partial charge in [0.2, 0.25) is 0 Å². The Labute approximate surface area is 94.2 Å². The predicted octanol–water partition coefficient (Wildman–Crippen LogP) is 0.280. The van der Waals surface area contributed by atoms with Crippen LogP contribution >= 0.6 is 0 Å². The van der Waals surface area contributed by atoms with Gasteiger partial charge in [-0.15, -0.1) is 0 Å². The van der Waals surface area contributed by atoms with Gasteiger partial charge in [0.25, 0.3) is 0 Å². The second-order valence-electron chi connectivity index (χ2n) is 3.18. The van der Waals surface area contributed by atoms with Crippen LogP contribution < -0.4 is 10.2 Å². The number of amides is 4. The molecule has 1 fully saturated rings. The number of rotatable bonds is 1. The number of imide groups is 2. The van der Waals surface area contributed by atoms with Gasteiger partial charge in [0.05, 0.1) is 17.3 Å². The van der Waals surface area contributed by atoms with Crippen molar-refractivity contribution in [2.24, 2.45) is 0 Å². The van der Waals surface area contributed by atoms with Crippen molar-refractivity contribution >= 4 is 23.5 Å². The van der Waals surface area contributed by atoms with Crippen molar-refractivity contribution in [1.82, 2.24) is 5.32 Å². The average Bonchev–Trinajstić information content (AvgIpc) is 2.54. The molecule has 1 aromatic rings. The number of carbonyl (C=O) groups excluding carboxylic acids is 3. The number of anilines is 1. The molecule has 1 aliphatic heterocycles. The number of urea groups is 1. The van der Waals surface area contributed by atoms with Crippen LogP contribution in [0.15, 0.2) is 18.2 Å². The van der Waals surface area contributed by atoms with Crippen molar-refractivity contribution in [2.45, 2.75) is 0 Å². The van der Waals surface area contributed by atoms with Crippen LogP contribution in [-0.2, 0) is 9.59 Å². The second kappa shape index (κ2) is 3.68. The van der Waals surface area contributed by atoms with E-state index in [1.807, 2.05) is 0 Å². The fourth-order valence-corrected chi connectivity index (χ4v) is 1.38. The van der Waals surface area contributed by atoms with Gasteiger partial charge in [-0.1, -0.05) is 0 Å². The summed E-state index contributed by atoms with van der Waals surface area (Å²) in [5.41, 5.74) is -0.318. The molecule has 6 nitrogen and oxygen atoms in total. The highest BCUT2D eigenvalue weighted by molar-refractivity contribution is 6.53. The summed E-state index contributed by atoms with van der Waals surface area (Å²) in [4.78, 5) is 33.8. The summed E-state index contributed by atoms with van der Waals surface area (Å²) in [5.74, 6) is -3.19. The molecule has 0 aliphatic carbocycles. The fourth-order valence-electron chi connectivity index (χ4n) is 1.38. The lowest BCUT2D eigenvalue weighted by Gasteiger charge is -2.11. The fraction of sp³-hybridized carbons (Fsp3) is 0. The number of halogens is 1. The van der Waals surface area contributed by atoms with E-state index >= 15 is 0 Å². The zero-order valence-electron chi connectivity index (χ0n) is 8.23. The molecule has 84 valence electrons. The third kappa shape index (κ3) is 1.61. The molecule has 4 amide bonds. The van der Waals surface area contributed by atoms with Gasteiger partial charge >= 0.3 is 17.8 Å². The normalized spacial score (nSPS) is 14.8. The first-order valence-electron chi connectivity index (χ1n) is 4.43. The van der Waals surface area contributed by atoms with Crippen molar-refractivity contribution in [3.8, 4) is 6.07 Å². The number of hydrogen-bond acceptors (Lipinski definition) is 4. The van der Waals surface area contributed by atoms with Crippen LogP contribution in [0.5, 0.6) is 0 Å². The summed E-state index contributed by atoms with van der Waals surface area (Å²) in [7, 11) is 0. The molecule has 1 aromatic carbocycles. The van der Waals surface area contributed by atoms with Gasteiger partial charge < -0.3 is 0 Å². The minimum absolute atomic E-state index is 0.0460. The monoisotopic (exact) mass is 233 g/mol. The minimum atomic E-state index is -1.15. The Balaban J connectivity index is 2.49. The first-order chi connectivity index (χ1) is 8.04. The molecule has 0 unspecified atom stereocenters. The Morgan fingerprint density at radius 1 is 1.29 bits per heavy atom. The molecule has 2 rings (SSSR count). The summed E-state index contributed by atoms with van der Waals surface area (Å²) < 4.78 is 13.5. The Kier molecular flexibility index (Phi) is 2.33. The lowest BCUT2D eigenvalue weighted by atomic mass is 10.2. The van der Waals surface area contributed by atoms with Crippen LogP contribution in [0, 0.1) is 17.1 Å². The highest BCUT2D eigenvalue weighted by Crippen LogP contribution is 2.22. The molecule has 0 atom stereocenters. The highest BCUT2D eigenvalue weighted by atomic mass is 19.1. The third-order valence-electron chi connectivity index (χ3n) is 2.14. The van der Waals surface area contributed by atoms with Crippen molar-refractivity contribution in [2.75, 3.05) is 4.90 Å². The minimum Gasteiger partial charge on any atom is -0.269 e.